The molecule has 0 amide bonds. The first-order valence-electron chi connectivity index (χ1n) is 5.74. The molecule has 0 unspecified atom stereocenters. The van der Waals surface area contributed by atoms with Crippen molar-refractivity contribution in [1.82, 2.24) is 9.97 Å². The van der Waals surface area contributed by atoms with Gasteiger partial charge in [0.15, 0.2) is 5.75 Å². The second-order valence-electron chi connectivity index (χ2n) is 3.82. The van der Waals surface area contributed by atoms with E-state index in [1.165, 1.54) is 0 Å². The van der Waals surface area contributed by atoms with E-state index in [4.69, 9.17) is 10.00 Å². The average molecular weight is 239 g/mol. The molecule has 0 aromatic carbocycles. The van der Waals surface area contributed by atoms with Crippen LogP contribution in [0.4, 0.5) is 0 Å². The van der Waals surface area contributed by atoms with Gasteiger partial charge in [0.05, 0.1) is 5.69 Å². The van der Waals surface area contributed by atoms with Gasteiger partial charge in [0.25, 0.3) is 0 Å². The van der Waals surface area contributed by atoms with Crippen LogP contribution in [0.3, 0.4) is 0 Å². The number of hydrogen-bond donors (Lipinski definition) is 0. The molecule has 0 spiro atoms. The number of nitriles is 1. The molecular formula is C14H13N3O. The summed E-state index contributed by atoms with van der Waals surface area (Å²) in [4.78, 5) is 8.48. The number of aromatic nitrogens is 2. The highest BCUT2D eigenvalue weighted by molar-refractivity contribution is 5.41. The van der Waals surface area contributed by atoms with Crippen molar-refractivity contribution in [1.29, 1.82) is 5.26 Å². The maximum absolute atomic E-state index is 8.98. The molecule has 0 aliphatic heterocycles. The molecule has 0 bridgehead atoms. The van der Waals surface area contributed by atoms with E-state index in [2.05, 4.69) is 16.0 Å². The van der Waals surface area contributed by atoms with Gasteiger partial charge < -0.3 is 4.74 Å². The monoisotopic (exact) mass is 239 g/mol. The molecule has 2 rings (SSSR count). The molecule has 0 saturated carbocycles. The van der Waals surface area contributed by atoms with Crippen molar-refractivity contribution >= 4 is 0 Å². The molecule has 18 heavy (non-hydrogen) atoms. The molecule has 4 nitrogen and oxygen atoms in total. The first-order valence-corrected chi connectivity index (χ1v) is 5.74. The zero-order valence-corrected chi connectivity index (χ0v) is 10.3. The molecule has 90 valence electrons. The lowest BCUT2D eigenvalue weighted by molar-refractivity contribution is 0.452. The van der Waals surface area contributed by atoms with Gasteiger partial charge in [0.1, 0.15) is 11.6 Å². The first-order chi connectivity index (χ1) is 8.74. The molecule has 2 aromatic heterocycles. The molecule has 0 aliphatic rings. The molecule has 0 N–H and O–H groups in total. The fraction of sp³-hybridized carbons (Fsp3) is 0.214. The number of hydrogen-bond acceptors (Lipinski definition) is 4. The summed E-state index contributed by atoms with van der Waals surface area (Å²) in [7, 11) is 0. The summed E-state index contributed by atoms with van der Waals surface area (Å²) in [6, 6.07) is 9.18. The number of rotatable bonds is 3. The van der Waals surface area contributed by atoms with Gasteiger partial charge in [-0.05, 0) is 37.6 Å². The second kappa shape index (κ2) is 5.28. The normalized spacial score (nSPS) is 9.83. The molecule has 2 aromatic rings. The summed E-state index contributed by atoms with van der Waals surface area (Å²) < 4.78 is 5.68. The lowest BCUT2D eigenvalue weighted by Crippen LogP contribution is -1.98. The molecular weight excluding hydrogens is 226 g/mol. The SMILES string of the molecule is CCc1nc(C)ccc1Oc1ncccc1C#N. The minimum absolute atomic E-state index is 0.320. The molecule has 0 radical (unpaired) electrons. The fourth-order valence-corrected chi connectivity index (χ4v) is 1.61. The Morgan fingerprint density at radius 1 is 1.33 bits per heavy atom. The number of aryl methyl sites for hydroxylation is 2. The van der Waals surface area contributed by atoms with Crippen LogP contribution in [0, 0.1) is 18.3 Å². The Balaban J connectivity index is 2.37. The summed E-state index contributed by atoms with van der Waals surface area (Å²) in [6.45, 7) is 3.95. The second-order valence-corrected chi connectivity index (χ2v) is 3.82. The van der Waals surface area contributed by atoms with Crippen LogP contribution in [-0.2, 0) is 6.42 Å². The van der Waals surface area contributed by atoms with Crippen molar-refractivity contribution < 1.29 is 4.74 Å². The van der Waals surface area contributed by atoms with Gasteiger partial charge in [0.2, 0.25) is 5.88 Å². The van der Waals surface area contributed by atoms with E-state index in [1.54, 1.807) is 18.3 Å². The summed E-state index contributed by atoms with van der Waals surface area (Å²) in [6.07, 6.45) is 2.37. The largest absolute Gasteiger partial charge is 0.436 e. The first kappa shape index (κ1) is 12.1. The van der Waals surface area contributed by atoms with E-state index >= 15 is 0 Å². The molecule has 2 heterocycles. The Morgan fingerprint density at radius 2 is 2.17 bits per heavy atom. The molecule has 0 aliphatic carbocycles. The van der Waals surface area contributed by atoms with Crippen LogP contribution in [0.15, 0.2) is 30.5 Å². The van der Waals surface area contributed by atoms with Crippen LogP contribution >= 0.6 is 0 Å². The molecule has 0 atom stereocenters. The molecule has 4 heteroatoms. The third-order valence-electron chi connectivity index (χ3n) is 2.50. The van der Waals surface area contributed by atoms with E-state index in [9.17, 15) is 0 Å². The van der Waals surface area contributed by atoms with Crippen LogP contribution in [0.2, 0.25) is 0 Å². The van der Waals surface area contributed by atoms with Crippen LogP contribution in [-0.4, -0.2) is 9.97 Å². The predicted molar refractivity (Wildman–Crippen MR) is 67.4 cm³/mol. The van der Waals surface area contributed by atoms with Crippen LogP contribution in [0.25, 0.3) is 0 Å². The maximum atomic E-state index is 8.98. The zero-order valence-electron chi connectivity index (χ0n) is 10.3. The van der Waals surface area contributed by atoms with E-state index in [-0.39, 0.29) is 0 Å². The highest BCUT2D eigenvalue weighted by Gasteiger charge is 2.09. The summed E-state index contributed by atoms with van der Waals surface area (Å²) in [5, 5.41) is 8.98. The van der Waals surface area contributed by atoms with E-state index in [1.807, 2.05) is 26.0 Å². The van der Waals surface area contributed by atoms with E-state index in [0.29, 0.717) is 17.2 Å². The van der Waals surface area contributed by atoms with Crippen molar-refractivity contribution in [2.45, 2.75) is 20.3 Å². The van der Waals surface area contributed by atoms with Crippen molar-refractivity contribution in [2.75, 3.05) is 0 Å². The van der Waals surface area contributed by atoms with E-state index in [0.717, 1.165) is 17.8 Å². The number of pyridine rings is 2. The molecule has 0 saturated heterocycles. The zero-order chi connectivity index (χ0) is 13.0. The third kappa shape index (κ3) is 2.46. The van der Waals surface area contributed by atoms with Gasteiger partial charge in [-0.3, -0.25) is 4.98 Å². The minimum Gasteiger partial charge on any atom is -0.436 e. The van der Waals surface area contributed by atoms with E-state index < -0.39 is 0 Å². The fourth-order valence-electron chi connectivity index (χ4n) is 1.61. The van der Waals surface area contributed by atoms with Gasteiger partial charge in [-0.1, -0.05) is 6.92 Å². The summed E-state index contributed by atoms with van der Waals surface area (Å²) >= 11 is 0. The Morgan fingerprint density at radius 3 is 2.89 bits per heavy atom. The number of ether oxygens (including phenoxy) is 1. The van der Waals surface area contributed by atoms with Crippen LogP contribution in [0.1, 0.15) is 23.9 Å². The minimum atomic E-state index is 0.320. The van der Waals surface area contributed by atoms with Crippen molar-refractivity contribution in [3.05, 3.63) is 47.4 Å². The van der Waals surface area contributed by atoms with Gasteiger partial charge in [-0.25, -0.2) is 4.98 Å². The summed E-state index contributed by atoms with van der Waals surface area (Å²) in [5.74, 6) is 0.971. The summed E-state index contributed by atoms with van der Waals surface area (Å²) in [5.41, 5.74) is 2.23. The highest BCUT2D eigenvalue weighted by Crippen LogP contribution is 2.25. The van der Waals surface area contributed by atoms with Gasteiger partial charge in [0, 0.05) is 11.9 Å². The van der Waals surface area contributed by atoms with Crippen molar-refractivity contribution in [3.63, 3.8) is 0 Å². The highest BCUT2D eigenvalue weighted by atomic mass is 16.5. The predicted octanol–water partition coefficient (Wildman–Crippen LogP) is 3.01. The third-order valence-corrected chi connectivity index (χ3v) is 2.50. The lowest BCUT2D eigenvalue weighted by Gasteiger charge is -2.09. The van der Waals surface area contributed by atoms with Gasteiger partial charge >= 0.3 is 0 Å². The smallest absolute Gasteiger partial charge is 0.237 e. The van der Waals surface area contributed by atoms with Gasteiger partial charge in [-0.15, -0.1) is 0 Å². The quantitative estimate of drug-likeness (QED) is 0.826. The maximum Gasteiger partial charge on any atom is 0.237 e. The lowest BCUT2D eigenvalue weighted by atomic mass is 10.2. The topological polar surface area (TPSA) is 58.8 Å². The Kier molecular flexibility index (Phi) is 3.54. The standard InChI is InChI=1S/C14H13N3O/c1-3-12-13(7-6-10(2)17-12)18-14-11(9-15)5-4-8-16-14/h4-8H,3H2,1-2H3. The Labute approximate surface area is 106 Å². The average Bonchev–Trinajstić information content (AvgIpc) is 2.41. The van der Waals surface area contributed by atoms with Crippen molar-refractivity contribution in [3.8, 4) is 17.7 Å². The van der Waals surface area contributed by atoms with Crippen molar-refractivity contribution in [2.24, 2.45) is 0 Å². The van der Waals surface area contributed by atoms with Crippen LogP contribution in [0.5, 0.6) is 11.6 Å². The number of nitrogens with zero attached hydrogens (tertiary/aromatic N) is 3. The Bertz CT molecular complexity index is 602. The van der Waals surface area contributed by atoms with Gasteiger partial charge in [-0.2, -0.15) is 5.26 Å². The van der Waals surface area contributed by atoms with Crippen LogP contribution < -0.4 is 4.74 Å². The molecule has 0 fully saturated rings. The Hall–Kier alpha value is -2.41.